The van der Waals surface area contributed by atoms with Gasteiger partial charge in [0.2, 0.25) is 11.8 Å². The molecule has 1 saturated carbocycles. The molecule has 2 amide bonds. The lowest BCUT2D eigenvalue weighted by Gasteiger charge is -2.26. The first-order valence-electron chi connectivity index (χ1n) is 9.30. The number of nitrogens with one attached hydrogen (secondary N) is 1. The van der Waals surface area contributed by atoms with E-state index in [0.717, 1.165) is 18.6 Å². The average molecular weight is 346 g/mol. The smallest absolute Gasteiger partial charge is 0.240 e. The highest BCUT2D eigenvalue weighted by molar-refractivity contribution is 6.13. The van der Waals surface area contributed by atoms with Gasteiger partial charge in [0.25, 0.3) is 0 Å². The zero-order valence-electron chi connectivity index (χ0n) is 15.8. The van der Waals surface area contributed by atoms with Crippen molar-refractivity contribution in [3.63, 3.8) is 0 Å². The van der Waals surface area contributed by atoms with Gasteiger partial charge in [0.15, 0.2) is 0 Å². The summed E-state index contributed by atoms with van der Waals surface area (Å²) < 4.78 is 5.60. The zero-order chi connectivity index (χ0) is 18.4. The molecule has 0 unspecified atom stereocenters. The Bertz CT molecular complexity index is 585. The lowest BCUT2D eigenvalue weighted by atomic mass is 10.0. The Morgan fingerprint density at radius 3 is 2.12 bits per heavy atom. The summed E-state index contributed by atoms with van der Waals surface area (Å²) in [6.45, 7) is 9.46. The molecule has 0 spiro atoms. The molecule has 0 bridgehead atoms. The molecule has 0 aromatic heterocycles. The van der Waals surface area contributed by atoms with Crippen LogP contribution in [0, 0.1) is 5.41 Å². The van der Waals surface area contributed by atoms with E-state index in [9.17, 15) is 9.59 Å². The van der Waals surface area contributed by atoms with E-state index in [4.69, 9.17) is 4.74 Å². The molecule has 1 fully saturated rings. The van der Waals surface area contributed by atoms with Crippen LogP contribution in [0.4, 0.5) is 5.69 Å². The maximum absolute atomic E-state index is 12.9. The number of anilines is 1. The van der Waals surface area contributed by atoms with E-state index in [0.29, 0.717) is 31.6 Å². The van der Waals surface area contributed by atoms with Gasteiger partial charge in [-0.3, -0.25) is 9.59 Å². The van der Waals surface area contributed by atoms with E-state index >= 15 is 0 Å². The molecule has 5 nitrogen and oxygen atoms in total. The van der Waals surface area contributed by atoms with E-state index in [2.05, 4.69) is 19.2 Å². The maximum atomic E-state index is 12.9. The Morgan fingerprint density at radius 1 is 1.12 bits per heavy atom. The van der Waals surface area contributed by atoms with Crippen LogP contribution in [0.5, 0.6) is 5.75 Å². The summed E-state index contributed by atoms with van der Waals surface area (Å²) in [5.41, 5.74) is -0.171. The maximum Gasteiger partial charge on any atom is 0.240 e. The van der Waals surface area contributed by atoms with Crippen LogP contribution in [0.1, 0.15) is 53.4 Å². The molecule has 0 aliphatic heterocycles. The summed E-state index contributed by atoms with van der Waals surface area (Å²) in [6.07, 6.45) is 3.18. The van der Waals surface area contributed by atoms with E-state index in [-0.39, 0.29) is 17.9 Å². The molecule has 138 valence electrons. The minimum absolute atomic E-state index is 0.0199. The summed E-state index contributed by atoms with van der Waals surface area (Å²) in [5.74, 6) is 0.558. The highest BCUT2D eigenvalue weighted by Gasteiger charge is 2.57. The van der Waals surface area contributed by atoms with Gasteiger partial charge >= 0.3 is 0 Å². The number of carbonyl (C=O) groups is 2. The average Bonchev–Trinajstić information content (AvgIpc) is 3.37. The van der Waals surface area contributed by atoms with Gasteiger partial charge in [0, 0.05) is 18.8 Å². The molecular weight excluding hydrogens is 316 g/mol. The van der Waals surface area contributed by atoms with Gasteiger partial charge in [-0.2, -0.15) is 0 Å². The summed E-state index contributed by atoms with van der Waals surface area (Å²) in [5, 5.41) is 2.90. The van der Waals surface area contributed by atoms with Crippen molar-refractivity contribution >= 4 is 17.5 Å². The van der Waals surface area contributed by atoms with Gasteiger partial charge in [0.1, 0.15) is 11.2 Å². The minimum Gasteiger partial charge on any atom is -0.491 e. The largest absolute Gasteiger partial charge is 0.491 e. The SMILES string of the molecule is CCCN(CCC)C(=O)C1(C(=O)Nc2ccc(OC(C)C)cc2)CC1. The molecule has 0 atom stereocenters. The lowest BCUT2D eigenvalue weighted by molar-refractivity contribution is -0.142. The Labute approximate surface area is 150 Å². The van der Waals surface area contributed by atoms with Gasteiger partial charge in [0.05, 0.1) is 6.10 Å². The molecular formula is C20H30N2O3. The molecule has 25 heavy (non-hydrogen) atoms. The van der Waals surface area contributed by atoms with Crippen LogP contribution in [0.3, 0.4) is 0 Å². The Hall–Kier alpha value is -2.04. The van der Waals surface area contributed by atoms with Crippen LogP contribution < -0.4 is 10.1 Å². The Kier molecular flexibility index (Phi) is 6.45. The first kappa shape index (κ1) is 19.3. The van der Waals surface area contributed by atoms with Crippen molar-refractivity contribution in [1.82, 2.24) is 4.90 Å². The highest BCUT2D eigenvalue weighted by Crippen LogP contribution is 2.48. The molecule has 0 heterocycles. The molecule has 1 N–H and O–H groups in total. The predicted molar refractivity (Wildman–Crippen MR) is 99.7 cm³/mol. The third kappa shape index (κ3) is 4.74. The van der Waals surface area contributed by atoms with Gasteiger partial charge < -0.3 is 15.0 Å². The molecule has 1 aromatic carbocycles. The van der Waals surface area contributed by atoms with Crippen molar-refractivity contribution in [3.8, 4) is 5.75 Å². The number of rotatable bonds is 9. The first-order valence-corrected chi connectivity index (χ1v) is 9.30. The standard InChI is InChI=1S/C20H30N2O3/c1-5-13-22(14-6-2)19(24)20(11-12-20)18(23)21-16-7-9-17(10-8-16)25-15(3)4/h7-10,15H,5-6,11-14H2,1-4H3,(H,21,23). The monoisotopic (exact) mass is 346 g/mol. The molecule has 1 aliphatic carbocycles. The normalized spacial score (nSPS) is 14.9. The molecule has 0 radical (unpaired) electrons. The second-order valence-electron chi connectivity index (χ2n) is 7.02. The number of amides is 2. The van der Waals surface area contributed by atoms with Crippen molar-refractivity contribution in [3.05, 3.63) is 24.3 Å². The van der Waals surface area contributed by atoms with Crippen molar-refractivity contribution in [2.45, 2.75) is 59.5 Å². The number of benzene rings is 1. The third-order valence-electron chi connectivity index (χ3n) is 4.35. The summed E-state index contributed by atoms with van der Waals surface area (Å²) in [7, 11) is 0. The van der Waals surface area contributed by atoms with Gasteiger partial charge in [-0.1, -0.05) is 13.8 Å². The predicted octanol–water partition coefficient (Wildman–Crippen LogP) is 3.84. The summed E-state index contributed by atoms with van der Waals surface area (Å²) >= 11 is 0. The van der Waals surface area contributed by atoms with Crippen LogP contribution in [0.2, 0.25) is 0 Å². The topological polar surface area (TPSA) is 58.6 Å². The van der Waals surface area contributed by atoms with Crippen LogP contribution >= 0.6 is 0 Å². The third-order valence-corrected chi connectivity index (χ3v) is 4.35. The number of ether oxygens (including phenoxy) is 1. The van der Waals surface area contributed by atoms with Crippen molar-refractivity contribution in [2.24, 2.45) is 5.41 Å². The van der Waals surface area contributed by atoms with Crippen LogP contribution in [0.25, 0.3) is 0 Å². The summed E-state index contributed by atoms with van der Waals surface area (Å²) in [4.78, 5) is 27.4. The lowest BCUT2D eigenvalue weighted by Crippen LogP contribution is -2.43. The van der Waals surface area contributed by atoms with Crippen molar-refractivity contribution in [2.75, 3.05) is 18.4 Å². The Balaban J connectivity index is 2.02. The van der Waals surface area contributed by atoms with E-state index in [1.807, 2.05) is 43.0 Å². The van der Waals surface area contributed by atoms with E-state index < -0.39 is 5.41 Å². The highest BCUT2D eigenvalue weighted by atomic mass is 16.5. The van der Waals surface area contributed by atoms with Crippen LogP contribution in [-0.4, -0.2) is 35.9 Å². The fourth-order valence-electron chi connectivity index (χ4n) is 2.96. The second-order valence-corrected chi connectivity index (χ2v) is 7.02. The second kappa shape index (κ2) is 8.37. The quantitative estimate of drug-likeness (QED) is 0.691. The van der Waals surface area contributed by atoms with Crippen molar-refractivity contribution < 1.29 is 14.3 Å². The van der Waals surface area contributed by atoms with Crippen LogP contribution in [0.15, 0.2) is 24.3 Å². The first-order chi connectivity index (χ1) is 11.9. The molecule has 5 heteroatoms. The number of carbonyl (C=O) groups excluding carboxylic acids is 2. The number of nitrogens with zero attached hydrogens (tertiary/aromatic N) is 1. The van der Waals surface area contributed by atoms with E-state index in [1.54, 1.807) is 0 Å². The molecule has 1 aromatic rings. The zero-order valence-corrected chi connectivity index (χ0v) is 15.8. The van der Waals surface area contributed by atoms with Gasteiger partial charge in [-0.25, -0.2) is 0 Å². The van der Waals surface area contributed by atoms with Crippen molar-refractivity contribution in [1.29, 1.82) is 0 Å². The van der Waals surface area contributed by atoms with E-state index in [1.165, 1.54) is 0 Å². The van der Waals surface area contributed by atoms with Gasteiger partial charge in [-0.15, -0.1) is 0 Å². The van der Waals surface area contributed by atoms with Gasteiger partial charge in [-0.05, 0) is 63.8 Å². The molecule has 2 rings (SSSR count). The van der Waals surface area contributed by atoms with Crippen LogP contribution in [-0.2, 0) is 9.59 Å². The fraction of sp³-hybridized carbons (Fsp3) is 0.600. The minimum atomic E-state index is -0.864. The molecule has 0 saturated heterocycles. The fourth-order valence-corrected chi connectivity index (χ4v) is 2.96. The summed E-state index contributed by atoms with van der Waals surface area (Å²) in [6, 6.07) is 7.28. The number of hydrogen-bond donors (Lipinski definition) is 1. The number of hydrogen-bond acceptors (Lipinski definition) is 3. The Morgan fingerprint density at radius 2 is 1.68 bits per heavy atom. The molecule has 1 aliphatic rings.